The van der Waals surface area contributed by atoms with E-state index in [9.17, 15) is 4.79 Å². The van der Waals surface area contributed by atoms with Crippen LogP contribution in [0.4, 0.5) is 0 Å². The second-order valence-corrected chi connectivity index (χ2v) is 4.88. The zero-order valence-corrected chi connectivity index (χ0v) is 13.0. The average Bonchev–Trinajstić information content (AvgIpc) is 2.58. The van der Waals surface area contributed by atoms with Crippen LogP contribution in [-0.4, -0.2) is 26.7 Å². The van der Waals surface area contributed by atoms with E-state index in [0.717, 1.165) is 12.8 Å². The van der Waals surface area contributed by atoms with Crippen LogP contribution in [0.2, 0.25) is 0 Å². The van der Waals surface area contributed by atoms with E-state index < -0.39 is 0 Å². The number of carbonyl (C=O) groups excluding carboxylic acids is 1. The number of ether oxygens (including phenoxy) is 2. The fourth-order valence-corrected chi connectivity index (χ4v) is 2.30. The number of hydrogen-bond acceptors (Lipinski definition) is 3. The molecule has 0 radical (unpaired) electrons. The summed E-state index contributed by atoms with van der Waals surface area (Å²) in [7, 11) is 3.09. The van der Waals surface area contributed by atoms with Crippen molar-refractivity contribution in [3.8, 4) is 11.5 Å². The summed E-state index contributed by atoms with van der Waals surface area (Å²) in [4.78, 5) is 12.3. The molecule has 2 rings (SSSR count). The predicted molar refractivity (Wildman–Crippen MR) is 86.6 cm³/mol. The second-order valence-electron chi connectivity index (χ2n) is 4.88. The lowest BCUT2D eigenvalue weighted by Gasteiger charge is -2.13. The van der Waals surface area contributed by atoms with Crippen LogP contribution in [0.15, 0.2) is 48.5 Å². The third kappa shape index (κ3) is 4.01. The van der Waals surface area contributed by atoms with Gasteiger partial charge >= 0.3 is 0 Å². The maximum atomic E-state index is 12.3. The highest BCUT2D eigenvalue weighted by Gasteiger charge is 2.17. The van der Waals surface area contributed by atoms with Crippen LogP contribution in [-0.2, 0) is 6.42 Å². The van der Waals surface area contributed by atoms with Gasteiger partial charge in [-0.2, -0.15) is 0 Å². The Morgan fingerprint density at radius 2 is 1.59 bits per heavy atom. The Morgan fingerprint density at radius 3 is 2.18 bits per heavy atom. The minimum absolute atomic E-state index is 0.178. The molecule has 0 saturated heterocycles. The molecule has 116 valence electrons. The van der Waals surface area contributed by atoms with Crippen LogP contribution in [0.5, 0.6) is 11.5 Å². The molecule has 2 aromatic carbocycles. The number of carbonyl (C=O) groups is 1. The normalized spacial score (nSPS) is 10.1. The van der Waals surface area contributed by atoms with Crippen LogP contribution >= 0.6 is 0 Å². The van der Waals surface area contributed by atoms with Gasteiger partial charge in [-0.15, -0.1) is 0 Å². The van der Waals surface area contributed by atoms with Gasteiger partial charge in [0, 0.05) is 6.54 Å². The third-order valence-electron chi connectivity index (χ3n) is 3.43. The number of benzene rings is 2. The molecule has 4 heteroatoms. The van der Waals surface area contributed by atoms with Crippen LogP contribution in [0, 0.1) is 0 Å². The van der Waals surface area contributed by atoms with Crippen molar-refractivity contribution in [3.05, 3.63) is 59.7 Å². The van der Waals surface area contributed by atoms with Crippen molar-refractivity contribution in [3.63, 3.8) is 0 Å². The lowest BCUT2D eigenvalue weighted by Crippen LogP contribution is -2.25. The summed E-state index contributed by atoms with van der Waals surface area (Å²) in [6, 6.07) is 15.5. The topological polar surface area (TPSA) is 47.6 Å². The van der Waals surface area contributed by atoms with Gasteiger partial charge in [0.05, 0.1) is 14.2 Å². The average molecular weight is 299 g/mol. The van der Waals surface area contributed by atoms with Crippen molar-refractivity contribution < 1.29 is 14.3 Å². The highest BCUT2D eigenvalue weighted by atomic mass is 16.5. The summed E-state index contributed by atoms with van der Waals surface area (Å²) >= 11 is 0. The molecular weight excluding hydrogens is 278 g/mol. The van der Waals surface area contributed by atoms with Gasteiger partial charge in [0.25, 0.3) is 5.91 Å². The fourth-order valence-electron chi connectivity index (χ4n) is 2.30. The van der Waals surface area contributed by atoms with E-state index in [1.165, 1.54) is 5.56 Å². The number of nitrogens with one attached hydrogen (secondary N) is 1. The number of amides is 1. The lowest BCUT2D eigenvalue weighted by molar-refractivity contribution is 0.0947. The summed E-state index contributed by atoms with van der Waals surface area (Å²) < 4.78 is 10.5. The molecular formula is C18H21NO3. The number of methoxy groups -OCH3 is 2. The van der Waals surface area contributed by atoms with Crippen molar-refractivity contribution >= 4 is 5.91 Å². The molecule has 0 atom stereocenters. The highest BCUT2D eigenvalue weighted by molar-refractivity contribution is 5.99. The van der Waals surface area contributed by atoms with Crippen LogP contribution < -0.4 is 14.8 Å². The first-order valence-corrected chi connectivity index (χ1v) is 7.29. The Kier molecular flexibility index (Phi) is 5.83. The van der Waals surface area contributed by atoms with E-state index in [-0.39, 0.29) is 5.91 Å². The minimum Gasteiger partial charge on any atom is -0.496 e. The number of rotatable bonds is 7. The third-order valence-corrected chi connectivity index (χ3v) is 3.43. The SMILES string of the molecule is COc1cccc(OC)c1C(=O)NCCCc1ccccc1. The zero-order chi connectivity index (χ0) is 15.8. The summed E-state index contributed by atoms with van der Waals surface area (Å²) in [5.41, 5.74) is 1.71. The molecule has 1 amide bonds. The van der Waals surface area contributed by atoms with Crippen LogP contribution in [0.1, 0.15) is 22.3 Å². The summed E-state index contributed by atoms with van der Waals surface area (Å²) in [5, 5.41) is 2.92. The largest absolute Gasteiger partial charge is 0.496 e. The van der Waals surface area contributed by atoms with Crippen LogP contribution in [0.3, 0.4) is 0 Å². The Bertz CT molecular complexity index is 589. The Morgan fingerprint density at radius 1 is 0.955 bits per heavy atom. The van der Waals surface area contributed by atoms with Gasteiger partial charge in [-0.3, -0.25) is 4.79 Å². The molecule has 0 spiro atoms. The van der Waals surface area contributed by atoms with E-state index in [1.54, 1.807) is 32.4 Å². The Labute approximate surface area is 131 Å². The molecule has 0 aliphatic heterocycles. The molecule has 0 aliphatic rings. The van der Waals surface area contributed by atoms with Gasteiger partial charge < -0.3 is 14.8 Å². The molecule has 0 aromatic heterocycles. The maximum absolute atomic E-state index is 12.3. The molecule has 2 aromatic rings. The van der Waals surface area contributed by atoms with Gasteiger partial charge in [-0.1, -0.05) is 36.4 Å². The first kappa shape index (κ1) is 15.9. The van der Waals surface area contributed by atoms with Gasteiger partial charge in [0.15, 0.2) is 0 Å². The molecule has 1 N–H and O–H groups in total. The van der Waals surface area contributed by atoms with E-state index in [1.807, 2.05) is 18.2 Å². The molecule has 0 saturated carbocycles. The Balaban J connectivity index is 1.92. The van der Waals surface area contributed by atoms with E-state index in [4.69, 9.17) is 9.47 Å². The summed E-state index contributed by atoms with van der Waals surface area (Å²) in [6.45, 7) is 0.606. The minimum atomic E-state index is -0.178. The first-order chi connectivity index (χ1) is 10.8. The molecule has 0 bridgehead atoms. The van der Waals surface area contributed by atoms with Crippen LogP contribution in [0.25, 0.3) is 0 Å². The monoisotopic (exact) mass is 299 g/mol. The standard InChI is InChI=1S/C18H21NO3/c1-21-15-11-6-12-16(22-2)17(15)18(20)19-13-7-10-14-8-4-3-5-9-14/h3-6,8-9,11-12H,7,10,13H2,1-2H3,(H,19,20). The number of aryl methyl sites for hydroxylation is 1. The molecule has 22 heavy (non-hydrogen) atoms. The van der Waals surface area contributed by atoms with Gasteiger partial charge in [-0.05, 0) is 30.5 Å². The number of hydrogen-bond donors (Lipinski definition) is 1. The van der Waals surface area contributed by atoms with Crippen molar-refractivity contribution in [2.75, 3.05) is 20.8 Å². The van der Waals surface area contributed by atoms with Gasteiger partial charge in [-0.25, -0.2) is 0 Å². The van der Waals surface area contributed by atoms with Crippen molar-refractivity contribution in [1.29, 1.82) is 0 Å². The molecule has 0 aliphatic carbocycles. The molecule has 0 heterocycles. The Hall–Kier alpha value is -2.49. The fraction of sp³-hybridized carbons (Fsp3) is 0.278. The maximum Gasteiger partial charge on any atom is 0.258 e. The van der Waals surface area contributed by atoms with Gasteiger partial charge in [0.1, 0.15) is 17.1 Å². The second kappa shape index (κ2) is 8.08. The quantitative estimate of drug-likeness (QED) is 0.799. The predicted octanol–water partition coefficient (Wildman–Crippen LogP) is 3.07. The van der Waals surface area contributed by atoms with Crippen molar-refractivity contribution in [2.24, 2.45) is 0 Å². The van der Waals surface area contributed by atoms with E-state index in [0.29, 0.717) is 23.6 Å². The first-order valence-electron chi connectivity index (χ1n) is 7.29. The summed E-state index contributed by atoms with van der Waals surface area (Å²) in [6.07, 6.45) is 1.82. The zero-order valence-electron chi connectivity index (χ0n) is 13.0. The van der Waals surface area contributed by atoms with E-state index in [2.05, 4.69) is 17.4 Å². The molecule has 0 unspecified atom stereocenters. The summed E-state index contributed by atoms with van der Waals surface area (Å²) in [5.74, 6) is 0.849. The lowest BCUT2D eigenvalue weighted by atomic mass is 10.1. The molecule has 4 nitrogen and oxygen atoms in total. The van der Waals surface area contributed by atoms with Crippen molar-refractivity contribution in [1.82, 2.24) is 5.32 Å². The highest BCUT2D eigenvalue weighted by Crippen LogP contribution is 2.27. The molecule has 0 fully saturated rings. The van der Waals surface area contributed by atoms with Gasteiger partial charge in [0.2, 0.25) is 0 Å². The van der Waals surface area contributed by atoms with Crippen molar-refractivity contribution in [2.45, 2.75) is 12.8 Å². The van der Waals surface area contributed by atoms with E-state index >= 15 is 0 Å². The smallest absolute Gasteiger partial charge is 0.258 e.